The van der Waals surface area contributed by atoms with Gasteiger partial charge in [-0.25, -0.2) is 14.8 Å². The molecule has 1 atom stereocenters. The van der Waals surface area contributed by atoms with Crippen molar-refractivity contribution in [1.82, 2.24) is 29.2 Å². The van der Waals surface area contributed by atoms with Crippen LogP contribution in [0.5, 0.6) is 0 Å². The van der Waals surface area contributed by atoms with E-state index in [0.29, 0.717) is 22.5 Å². The molecule has 2 aromatic carbocycles. The number of pyridine rings is 1. The highest BCUT2D eigenvalue weighted by Gasteiger charge is 2.36. The van der Waals surface area contributed by atoms with Crippen LogP contribution in [-0.2, 0) is 20.9 Å². The number of likely N-dealkylation sites (N-methyl/N-ethyl adjacent to an activating group) is 1. The van der Waals surface area contributed by atoms with Crippen molar-refractivity contribution in [3.05, 3.63) is 70.5 Å². The molecule has 7 rings (SSSR count). The van der Waals surface area contributed by atoms with Gasteiger partial charge in [0.25, 0.3) is 0 Å². The van der Waals surface area contributed by atoms with Gasteiger partial charge in [-0.1, -0.05) is 23.7 Å². The second-order valence-electron chi connectivity index (χ2n) is 15.9. The average molecular weight is 757 g/mol. The van der Waals surface area contributed by atoms with Crippen LogP contribution in [-0.4, -0.2) is 105 Å². The first-order valence-corrected chi connectivity index (χ1v) is 19.6. The molecule has 1 amide bonds. The first-order valence-electron chi connectivity index (χ1n) is 18.4. The normalized spacial score (nSPS) is 16.9. The molecule has 0 saturated carbocycles. The van der Waals surface area contributed by atoms with Gasteiger partial charge in [0.2, 0.25) is 5.91 Å². The fourth-order valence-corrected chi connectivity index (χ4v) is 9.03. The van der Waals surface area contributed by atoms with Crippen LogP contribution in [0.25, 0.3) is 42.9 Å². The number of thiazole rings is 1. The highest BCUT2D eigenvalue weighted by Crippen LogP contribution is 2.45. The number of aryl methyl sites for hydroxylation is 1. The summed E-state index contributed by atoms with van der Waals surface area (Å²) in [5.41, 5.74) is 6.42. The first kappa shape index (κ1) is 37.4. The number of fused-ring (bicyclic) bond motifs is 2. The third-order valence-electron chi connectivity index (χ3n) is 10.6. The molecule has 0 unspecified atom stereocenters. The molecule has 2 saturated heterocycles. The number of hydrogen-bond acceptors (Lipinski definition) is 8. The van der Waals surface area contributed by atoms with Crippen LogP contribution in [0.4, 0.5) is 0 Å². The van der Waals surface area contributed by atoms with Crippen LogP contribution >= 0.6 is 22.9 Å². The molecule has 0 bridgehead atoms. The predicted molar refractivity (Wildman–Crippen MR) is 213 cm³/mol. The van der Waals surface area contributed by atoms with Crippen molar-refractivity contribution < 1.29 is 19.4 Å². The smallest absolute Gasteiger partial charge is 0.337 e. The van der Waals surface area contributed by atoms with E-state index in [0.717, 1.165) is 101 Å². The highest BCUT2D eigenvalue weighted by atomic mass is 35.5. The van der Waals surface area contributed by atoms with Gasteiger partial charge in [-0.15, -0.1) is 11.3 Å². The van der Waals surface area contributed by atoms with Gasteiger partial charge in [0.1, 0.15) is 10.7 Å². The van der Waals surface area contributed by atoms with Crippen molar-refractivity contribution in [2.45, 2.75) is 77.7 Å². The van der Waals surface area contributed by atoms with Crippen molar-refractivity contribution in [2.75, 3.05) is 46.8 Å². The number of amides is 1. The van der Waals surface area contributed by atoms with Crippen molar-refractivity contribution in [3.8, 4) is 21.7 Å². The summed E-state index contributed by atoms with van der Waals surface area (Å²) in [5.74, 6) is -0.475. The Morgan fingerprint density at radius 1 is 1.09 bits per heavy atom. The van der Waals surface area contributed by atoms with Gasteiger partial charge in [-0.05, 0) is 115 Å². The molecule has 0 radical (unpaired) electrons. The number of carboxylic acid groups (broad SMARTS) is 1. The molecule has 2 aliphatic rings. The fourth-order valence-electron chi connectivity index (χ4n) is 7.80. The number of carbonyl (C=O) groups is 2. The maximum Gasteiger partial charge on any atom is 0.337 e. The van der Waals surface area contributed by atoms with E-state index in [9.17, 15) is 14.7 Å². The summed E-state index contributed by atoms with van der Waals surface area (Å²) in [7, 11) is 4.18. The van der Waals surface area contributed by atoms with E-state index < -0.39 is 17.7 Å². The lowest BCUT2D eigenvalue weighted by atomic mass is 9.88. The molecule has 5 heterocycles. The zero-order valence-corrected chi connectivity index (χ0v) is 33.2. The van der Waals surface area contributed by atoms with Crippen LogP contribution in [0, 0.1) is 6.92 Å². The van der Waals surface area contributed by atoms with Crippen molar-refractivity contribution in [3.63, 3.8) is 0 Å². The van der Waals surface area contributed by atoms with E-state index in [2.05, 4.69) is 40.7 Å². The van der Waals surface area contributed by atoms with E-state index in [4.69, 9.17) is 26.3 Å². The van der Waals surface area contributed by atoms with Crippen LogP contribution in [0.1, 0.15) is 69.2 Å². The fraction of sp³-hybridized carbons (Fsp3) is 0.463. The van der Waals surface area contributed by atoms with Crippen LogP contribution in [0.3, 0.4) is 0 Å². The molecule has 5 aromatic rings. The summed E-state index contributed by atoms with van der Waals surface area (Å²) >= 11 is 7.87. The van der Waals surface area contributed by atoms with Crippen molar-refractivity contribution in [2.24, 2.45) is 0 Å². The SMILES string of the molecule is CC(=O)N1CC(N2CCC(c3cn(CCN(C)C)c4ncc(-c5nc6cc(C)c([C@H](OC(C)(C)C)C(=O)O)c(-c7ccc(Cl)cc7)c6s5)cc34)CC2)C1. The van der Waals surface area contributed by atoms with Gasteiger partial charge in [0.05, 0.1) is 15.8 Å². The Hall–Kier alpha value is -3.87. The zero-order chi connectivity index (χ0) is 37.8. The monoisotopic (exact) mass is 756 g/mol. The van der Waals surface area contributed by atoms with E-state index in [-0.39, 0.29) is 5.91 Å². The standard InChI is InChI=1S/C41H49ClN6O4S/c1-24-18-33-37(35(27-8-10-29(42)11-9-27)34(24)36(40(50)51)52-41(3,4)5)53-39(44-33)28-19-31-32(23-47(17-16-45(6)7)38(31)43-20-28)26-12-14-46(15-13-26)30-21-48(22-30)25(2)49/h8-11,18-20,23,26,30,36H,12-17,21-22H2,1-7H3,(H,50,51)/t36-/m0/s1. The number of carbonyl (C=O) groups excluding carboxylic acids is 1. The average Bonchev–Trinajstić information content (AvgIpc) is 3.66. The summed E-state index contributed by atoms with van der Waals surface area (Å²) in [6, 6.07) is 12.2. The minimum atomic E-state index is -1.18. The number of carboxylic acids is 1. The van der Waals surface area contributed by atoms with Gasteiger partial charge in [-0.2, -0.15) is 0 Å². The Bertz CT molecular complexity index is 2160. The number of aromatic nitrogens is 3. The highest BCUT2D eigenvalue weighted by molar-refractivity contribution is 7.22. The Balaban J connectivity index is 1.29. The van der Waals surface area contributed by atoms with Crippen LogP contribution in [0.2, 0.25) is 5.02 Å². The molecule has 1 N–H and O–H groups in total. The number of aliphatic carboxylic acids is 1. The molecular formula is C41H49ClN6O4S. The largest absolute Gasteiger partial charge is 0.479 e. The van der Waals surface area contributed by atoms with Gasteiger partial charge in [0, 0.05) is 78.6 Å². The third-order valence-corrected chi connectivity index (χ3v) is 12.0. The van der Waals surface area contributed by atoms with Crippen molar-refractivity contribution in [1.29, 1.82) is 0 Å². The summed E-state index contributed by atoms with van der Waals surface area (Å²) in [5, 5.41) is 13.1. The van der Waals surface area contributed by atoms with E-state index in [1.54, 1.807) is 18.3 Å². The topological polar surface area (TPSA) is 104 Å². The Morgan fingerprint density at radius 3 is 2.42 bits per heavy atom. The van der Waals surface area contributed by atoms with Crippen molar-refractivity contribution >= 4 is 56.1 Å². The van der Waals surface area contributed by atoms with E-state index >= 15 is 0 Å². The number of ether oxygens (including phenoxy) is 1. The molecular weight excluding hydrogens is 708 g/mol. The molecule has 3 aromatic heterocycles. The number of benzene rings is 2. The molecule has 280 valence electrons. The Morgan fingerprint density at radius 2 is 1.79 bits per heavy atom. The molecule has 2 fully saturated rings. The molecule has 53 heavy (non-hydrogen) atoms. The molecule has 0 aliphatic carbocycles. The minimum Gasteiger partial charge on any atom is -0.479 e. The van der Waals surface area contributed by atoms with Gasteiger partial charge >= 0.3 is 5.97 Å². The summed E-state index contributed by atoms with van der Waals surface area (Å²) in [6.07, 6.45) is 5.18. The molecule has 2 aliphatic heterocycles. The Kier molecular flexibility index (Phi) is 10.4. The lowest BCUT2D eigenvalue weighted by Crippen LogP contribution is -2.61. The lowest BCUT2D eigenvalue weighted by Gasteiger charge is -2.47. The van der Waals surface area contributed by atoms with Crippen LogP contribution < -0.4 is 0 Å². The van der Waals surface area contributed by atoms with Gasteiger partial charge < -0.3 is 24.2 Å². The first-order chi connectivity index (χ1) is 25.2. The number of piperidine rings is 1. The second kappa shape index (κ2) is 14.8. The maximum atomic E-state index is 12.8. The quantitative estimate of drug-likeness (QED) is 0.154. The summed E-state index contributed by atoms with van der Waals surface area (Å²) in [6.45, 7) is 14.6. The number of rotatable bonds is 10. The minimum absolute atomic E-state index is 0.161. The van der Waals surface area contributed by atoms with E-state index in [1.165, 1.54) is 5.56 Å². The number of likely N-dealkylation sites (tertiary alicyclic amines) is 2. The lowest BCUT2D eigenvalue weighted by molar-refractivity contribution is -0.160. The molecule has 0 spiro atoms. The second-order valence-corrected chi connectivity index (χ2v) is 17.3. The molecule has 10 nitrogen and oxygen atoms in total. The number of hydrogen-bond donors (Lipinski definition) is 1. The zero-order valence-electron chi connectivity index (χ0n) is 31.6. The maximum absolute atomic E-state index is 12.8. The summed E-state index contributed by atoms with van der Waals surface area (Å²) < 4.78 is 9.40. The Labute approximate surface area is 320 Å². The van der Waals surface area contributed by atoms with Gasteiger partial charge in [0.15, 0.2) is 6.10 Å². The third kappa shape index (κ3) is 7.73. The van der Waals surface area contributed by atoms with Crippen LogP contribution in [0.15, 0.2) is 48.8 Å². The molecule has 12 heteroatoms. The predicted octanol–water partition coefficient (Wildman–Crippen LogP) is 7.85. The van der Waals surface area contributed by atoms with E-state index in [1.807, 2.05) is 69.1 Å². The summed E-state index contributed by atoms with van der Waals surface area (Å²) in [4.78, 5) is 41.5. The van der Waals surface area contributed by atoms with Gasteiger partial charge in [-0.3, -0.25) is 9.69 Å². The number of halogens is 1. The number of nitrogens with zero attached hydrogens (tertiary/aromatic N) is 6.